The van der Waals surface area contributed by atoms with E-state index in [1.165, 1.54) is 4.90 Å². The van der Waals surface area contributed by atoms with Gasteiger partial charge in [0.25, 0.3) is 5.91 Å². The van der Waals surface area contributed by atoms with Crippen molar-refractivity contribution in [2.75, 3.05) is 26.5 Å². The number of amidine groups is 1. The van der Waals surface area contributed by atoms with Crippen molar-refractivity contribution >= 4 is 46.3 Å². The lowest BCUT2D eigenvalue weighted by Gasteiger charge is -2.26. The molecular weight excluding hydrogens is 466 g/mol. The van der Waals surface area contributed by atoms with Crippen LogP contribution < -0.4 is 14.8 Å². The largest absolute Gasteiger partial charge is 0.493 e. The fourth-order valence-electron chi connectivity index (χ4n) is 3.17. The first kappa shape index (κ1) is 24.6. The first-order valence-corrected chi connectivity index (χ1v) is 11.5. The monoisotopic (exact) mass is 489 g/mol. The SMILES string of the molecule is COc1ccc(CCN2C(=O)CC(=O)N=C2SCC(=O)NCc2cccc(Cl)c2)cc1OC. The second kappa shape index (κ2) is 11.7. The van der Waals surface area contributed by atoms with Crippen LogP contribution in [0, 0.1) is 0 Å². The van der Waals surface area contributed by atoms with Crippen molar-refractivity contribution in [3.8, 4) is 11.5 Å². The molecule has 3 rings (SSSR count). The van der Waals surface area contributed by atoms with E-state index in [0.29, 0.717) is 36.0 Å². The van der Waals surface area contributed by atoms with Crippen LogP contribution in [0.3, 0.4) is 0 Å². The van der Waals surface area contributed by atoms with Gasteiger partial charge in [-0.3, -0.25) is 19.3 Å². The van der Waals surface area contributed by atoms with Crippen LogP contribution >= 0.6 is 23.4 Å². The molecule has 0 atom stereocenters. The summed E-state index contributed by atoms with van der Waals surface area (Å²) in [6.45, 7) is 0.644. The predicted octanol–water partition coefficient (Wildman–Crippen LogP) is 3.06. The van der Waals surface area contributed by atoms with E-state index in [9.17, 15) is 14.4 Å². The summed E-state index contributed by atoms with van der Waals surface area (Å²) in [6, 6.07) is 12.7. The van der Waals surface area contributed by atoms with Crippen molar-refractivity contribution in [2.24, 2.45) is 4.99 Å². The smallest absolute Gasteiger partial charge is 0.257 e. The van der Waals surface area contributed by atoms with Crippen molar-refractivity contribution in [1.29, 1.82) is 0 Å². The van der Waals surface area contributed by atoms with Crippen LogP contribution in [0.2, 0.25) is 5.02 Å². The second-order valence-corrected chi connectivity index (χ2v) is 8.52. The number of amides is 3. The van der Waals surface area contributed by atoms with Gasteiger partial charge in [0.2, 0.25) is 11.8 Å². The summed E-state index contributed by atoms with van der Waals surface area (Å²) in [6.07, 6.45) is 0.234. The minimum absolute atomic E-state index is 0.0207. The lowest BCUT2D eigenvalue weighted by molar-refractivity contribution is -0.133. The fourth-order valence-corrected chi connectivity index (χ4v) is 4.26. The third-order valence-corrected chi connectivity index (χ3v) is 6.05. The van der Waals surface area contributed by atoms with Gasteiger partial charge in [-0.25, -0.2) is 0 Å². The highest BCUT2D eigenvalue weighted by atomic mass is 35.5. The molecule has 2 aromatic carbocycles. The van der Waals surface area contributed by atoms with E-state index >= 15 is 0 Å². The van der Waals surface area contributed by atoms with Gasteiger partial charge in [-0.1, -0.05) is 41.6 Å². The molecule has 174 valence electrons. The number of halogens is 1. The van der Waals surface area contributed by atoms with Gasteiger partial charge < -0.3 is 14.8 Å². The van der Waals surface area contributed by atoms with Crippen molar-refractivity contribution in [3.63, 3.8) is 0 Å². The zero-order chi connectivity index (χ0) is 23.8. The van der Waals surface area contributed by atoms with Gasteiger partial charge in [0.1, 0.15) is 6.42 Å². The zero-order valence-electron chi connectivity index (χ0n) is 18.3. The van der Waals surface area contributed by atoms with Crippen molar-refractivity contribution in [2.45, 2.75) is 19.4 Å². The maximum Gasteiger partial charge on any atom is 0.257 e. The molecule has 0 unspecified atom stereocenters. The molecule has 1 N–H and O–H groups in total. The van der Waals surface area contributed by atoms with E-state index in [1.54, 1.807) is 32.4 Å². The van der Waals surface area contributed by atoms with Gasteiger partial charge in [0.15, 0.2) is 16.7 Å². The third kappa shape index (κ3) is 6.97. The Morgan fingerprint density at radius 2 is 1.91 bits per heavy atom. The summed E-state index contributed by atoms with van der Waals surface area (Å²) >= 11 is 7.02. The number of benzene rings is 2. The lowest BCUT2D eigenvalue weighted by Crippen LogP contribution is -2.42. The number of methoxy groups -OCH3 is 2. The summed E-state index contributed by atoms with van der Waals surface area (Å²) in [5.41, 5.74) is 1.80. The number of carbonyl (C=O) groups is 3. The first-order valence-electron chi connectivity index (χ1n) is 10.2. The van der Waals surface area contributed by atoms with Crippen LogP contribution in [0.25, 0.3) is 0 Å². The van der Waals surface area contributed by atoms with Gasteiger partial charge in [-0.05, 0) is 41.8 Å². The highest BCUT2D eigenvalue weighted by Crippen LogP contribution is 2.28. The van der Waals surface area contributed by atoms with Crippen molar-refractivity contribution in [1.82, 2.24) is 10.2 Å². The molecule has 1 aliphatic heterocycles. The van der Waals surface area contributed by atoms with Crippen LogP contribution in [-0.4, -0.2) is 54.3 Å². The highest BCUT2D eigenvalue weighted by Gasteiger charge is 2.28. The minimum Gasteiger partial charge on any atom is -0.493 e. The summed E-state index contributed by atoms with van der Waals surface area (Å²) in [5, 5.41) is 3.62. The quantitative estimate of drug-likeness (QED) is 0.544. The molecule has 0 saturated heterocycles. The van der Waals surface area contributed by atoms with E-state index in [2.05, 4.69) is 10.3 Å². The third-order valence-electron chi connectivity index (χ3n) is 4.84. The van der Waals surface area contributed by atoms with Crippen molar-refractivity contribution < 1.29 is 23.9 Å². The Labute approximate surface area is 201 Å². The number of hydrogen-bond acceptors (Lipinski definition) is 6. The van der Waals surface area contributed by atoms with Crippen LogP contribution in [0.5, 0.6) is 11.5 Å². The van der Waals surface area contributed by atoms with Crippen molar-refractivity contribution in [3.05, 3.63) is 58.6 Å². The van der Waals surface area contributed by atoms with Gasteiger partial charge in [0.05, 0.1) is 20.0 Å². The standard InChI is InChI=1S/C23H24ClN3O5S/c1-31-18-7-6-15(11-19(18)32-2)8-9-27-22(30)12-20(28)26-23(27)33-14-21(29)25-13-16-4-3-5-17(24)10-16/h3-7,10-11H,8-9,12-14H2,1-2H3,(H,25,29). The van der Waals surface area contributed by atoms with Gasteiger partial charge in [-0.15, -0.1) is 0 Å². The number of aliphatic imine (C=N–C) groups is 1. The normalized spacial score (nSPS) is 13.5. The number of ether oxygens (including phenoxy) is 2. The zero-order valence-corrected chi connectivity index (χ0v) is 19.9. The molecule has 33 heavy (non-hydrogen) atoms. The van der Waals surface area contributed by atoms with Crippen LogP contribution in [0.1, 0.15) is 17.5 Å². The summed E-state index contributed by atoms with van der Waals surface area (Å²) in [5.74, 6) is 0.138. The molecule has 0 saturated carbocycles. The molecule has 3 amide bonds. The minimum atomic E-state index is -0.510. The number of nitrogens with zero attached hydrogens (tertiary/aromatic N) is 2. The van der Waals surface area contributed by atoms with E-state index in [0.717, 1.165) is 22.9 Å². The summed E-state index contributed by atoms with van der Waals surface area (Å²) < 4.78 is 10.6. The number of thioether (sulfide) groups is 1. The van der Waals surface area contributed by atoms with E-state index in [4.69, 9.17) is 21.1 Å². The predicted molar refractivity (Wildman–Crippen MR) is 128 cm³/mol. The molecular formula is C23H24ClN3O5S. The molecule has 10 heteroatoms. The highest BCUT2D eigenvalue weighted by molar-refractivity contribution is 8.14. The number of nitrogens with one attached hydrogen (secondary N) is 1. The first-order chi connectivity index (χ1) is 15.9. The van der Waals surface area contributed by atoms with E-state index < -0.39 is 5.91 Å². The molecule has 0 aromatic heterocycles. The lowest BCUT2D eigenvalue weighted by atomic mass is 10.1. The van der Waals surface area contributed by atoms with E-state index in [-0.39, 0.29) is 29.2 Å². The molecule has 8 nitrogen and oxygen atoms in total. The number of carbonyl (C=O) groups excluding carboxylic acids is 3. The molecule has 0 bridgehead atoms. The Balaban J connectivity index is 1.59. The average molecular weight is 490 g/mol. The Hall–Kier alpha value is -3.04. The van der Waals surface area contributed by atoms with Gasteiger partial charge in [-0.2, -0.15) is 4.99 Å². The molecule has 0 fully saturated rings. The van der Waals surface area contributed by atoms with E-state index in [1.807, 2.05) is 24.3 Å². The van der Waals surface area contributed by atoms with Crippen LogP contribution in [-0.2, 0) is 27.3 Å². The van der Waals surface area contributed by atoms with Gasteiger partial charge in [0, 0.05) is 18.1 Å². The second-order valence-electron chi connectivity index (χ2n) is 7.14. The Morgan fingerprint density at radius 1 is 1.12 bits per heavy atom. The summed E-state index contributed by atoms with van der Waals surface area (Å²) in [7, 11) is 3.12. The molecule has 0 spiro atoms. The average Bonchev–Trinajstić information content (AvgIpc) is 2.80. The number of hydrogen-bond donors (Lipinski definition) is 1. The molecule has 1 aliphatic rings. The molecule has 2 aromatic rings. The Kier molecular flexibility index (Phi) is 8.73. The maximum absolute atomic E-state index is 12.5. The molecule has 1 heterocycles. The van der Waals surface area contributed by atoms with Crippen LogP contribution in [0.4, 0.5) is 0 Å². The molecule has 0 radical (unpaired) electrons. The van der Waals surface area contributed by atoms with Gasteiger partial charge >= 0.3 is 0 Å². The van der Waals surface area contributed by atoms with Crippen LogP contribution in [0.15, 0.2) is 47.5 Å². The topological polar surface area (TPSA) is 97.3 Å². The molecule has 0 aliphatic carbocycles. The maximum atomic E-state index is 12.5. The Morgan fingerprint density at radius 3 is 2.64 bits per heavy atom. The fraction of sp³-hybridized carbons (Fsp3) is 0.304. The number of rotatable bonds is 9. The summed E-state index contributed by atoms with van der Waals surface area (Å²) in [4.78, 5) is 42.1. The Bertz CT molecular complexity index is 1080.